The van der Waals surface area contributed by atoms with Gasteiger partial charge in [0.15, 0.2) is 0 Å². The third-order valence-electron chi connectivity index (χ3n) is 3.65. The molecule has 0 bridgehead atoms. The normalized spacial score (nSPS) is 11.6. The van der Waals surface area contributed by atoms with Crippen LogP contribution in [0.5, 0.6) is 0 Å². The molecule has 3 nitrogen and oxygen atoms in total. The van der Waals surface area contributed by atoms with Crippen molar-refractivity contribution in [3.63, 3.8) is 0 Å². The zero-order chi connectivity index (χ0) is 15.6. The van der Waals surface area contributed by atoms with E-state index < -0.39 is 0 Å². The van der Waals surface area contributed by atoms with Crippen molar-refractivity contribution < 1.29 is 0 Å². The van der Waals surface area contributed by atoms with E-state index in [-0.39, 0.29) is 5.41 Å². The molecule has 1 rings (SSSR count). The van der Waals surface area contributed by atoms with Crippen molar-refractivity contribution >= 4 is 0 Å². The lowest BCUT2D eigenvalue weighted by molar-refractivity contribution is 0.319. The van der Waals surface area contributed by atoms with Gasteiger partial charge < -0.3 is 10.2 Å². The van der Waals surface area contributed by atoms with Crippen molar-refractivity contribution in [2.24, 2.45) is 5.41 Å². The van der Waals surface area contributed by atoms with Crippen LogP contribution in [-0.4, -0.2) is 31.6 Å². The maximum absolute atomic E-state index is 8.94. The SMILES string of the molecule is CN(CCCNCCCC(C)(C)C#N)Cc1ccccc1. The van der Waals surface area contributed by atoms with Crippen molar-refractivity contribution in [2.75, 3.05) is 26.7 Å². The summed E-state index contributed by atoms with van der Waals surface area (Å²) in [5.74, 6) is 0. The van der Waals surface area contributed by atoms with E-state index in [9.17, 15) is 0 Å². The fourth-order valence-electron chi connectivity index (χ4n) is 2.28. The molecule has 0 saturated carbocycles. The van der Waals surface area contributed by atoms with Gasteiger partial charge in [-0.05, 0) is 65.4 Å². The van der Waals surface area contributed by atoms with Gasteiger partial charge in [0.25, 0.3) is 0 Å². The second-order valence-electron chi connectivity index (χ2n) is 6.43. The molecule has 0 aromatic heterocycles. The lowest BCUT2D eigenvalue weighted by Crippen LogP contribution is -2.25. The molecular formula is C18H29N3. The van der Waals surface area contributed by atoms with Crippen LogP contribution in [0.4, 0.5) is 0 Å². The first-order valence-electron chi connectivity index (χ1n) is 7.88. The molecule has 0 unspecified atom stereocenters. The van der Waals surface area contributed by atoms with Crippen LogP contribution in [-0.2, 0) is 6.54 Å². The molecule has 116 valence electrons. The molecule has 1 aromatic rings. The molecule has 0 saturated heterocycles. The first-order chi connectivity index (χ1) is 10.0. The first kappa shape index (κ1) is 17.7. The highest BCUT2D eigenvalue weighted by Gasteiger charge is 2.15. The van der Waals surface area contributed by atoms with E-state index in [0.717, 1.165) is 45.4 Å². The highest BCUT2D eigenvalue weighted by molar-refractivity contribution is 5.14. The Morgan fingerprint density at radius 2 is 1.81 bits per heavy atom. The highest BCUT2D eigenvalue weighted by atomic mass is 15.1. The predicted molar refractivity (Wildman–Crippen MR) is 88.9 cm³/mol. The van der Waals surface area contributed by atoms with Gasteiger partial charge >= 0.3 is 0 Å². The Morgan fingerprint density at radius 3 is 2.48 bits per heavy atom. The van der Waals surface area contributed by atoms with Crippen molar-refractivity contribution in [2.45, 2.75) is 39.7 Å². The van der Waals surface area contributed by atoms with Gasteiger partial charge in [0.2, 0.25) is 0 Å². The maximum atomic E-state index is 8.94. The van der Waals surface area contributed by atoms with Gasteiger partial charge in [0.05, 0.1) is 11.5 Å². The second-order valence-corrected chi connectivity index (χ2v) is 6.43. The van der Waals surface area contributed by atoms with E-state index in [2.05, 4.69) is 53.7 Å². The number of hydrogen-bond donors (Lipinski definition) is 1. The largest absolute Gasteiger partial charge is 0.317 e. The van der Waals surface area contributed by atoms with Crippen LogP contribution in [0.25, 0.3) is 0 Å². The van der Waals surface area contributed by atoms with Crippen LogP contribution in [0, 0.1) is 16.7 Å². The molecule has 0 spiro atoms. The molecule has 1 aromatic carbocycles. The molecule has 0 fully saturated rings. The highest BCUT2D eigenvalue weighted by Crippen LogP contribution is 2.19. The van der Waals surface area contributed by atoms with E-state index >= 15 is 0 Å². The van der Waals surface area contributed by atoms with Gasteiger partial charge in [-0.1, -0.05) is 30.3 Å². The maximum Gasteiger partial charge on any atom is 0.0683 e. The minimum absolute atomic E-state index is 0.183. The Labute approximate surface area is 130 Å². The van der Waals surface area contributed by atoms with Crippen LogP contribution in [0.3, 0.4) is 0 Å². The Balaban J connectivity index is 2.00. The third kappa shape index (κ3) is 8.49. The predicted octanol–water partition coefficient (Wildman–Crippen LogP) is 3.43. The molecule has 0 aliphatic heterocycles. The van der Waals surface area contributed by atoms with Gasteiger partial charge in [-0.15, -0.1) is 0 Å². The zero-order valence-corrected chi connectivity index (χ0v) is 13.7. The van der Waals surface area contributed by atoms with E-state index in [1.54, 1.807) is 0 Å². The Morgan fingerprint density at radius 1 is 1.14 bits per heavy atom. The van der Waals surface area contributed by atoms with Crippen molar-refractivity contribution in [1.82, 2.24) is 10.2 Å². The second kappa shape index (κ2) is 9.55. The summed E-state index contributed by atoms with van der Waals surface area (Å²) >= 11 is 0. The fraction of sp³-hybridized carbons (Fsp3) is 0.611. The summed E-state index contributed by atoms with van der Waals surface area (Å²) in [6, 6.07) is 12.9. The van der Waals surface area contributed by atoms with Crippen molar-refractivity contribution in [1.29, 1.82) is 5.26 Å². The lowest BCUT2D eigenvalue weighted by Gasteiger charge is -2.17. The van der Waals surface area contributed by atoms with Gasteiger partial charge in [-0.3, -0.25) is 0 Å². The number of nitrogens with zero attached hydrogens (tertiary/aromatic N) is 2. The quantitative estimate of drug-likeness (QED) is 0.670. The Hall–Kier alpha value is -1.37. The van der Waals surface area contributed by atoms with E-state index in [0.29, 0.717) is 0 Å². The summed E-state index contributed by atoms with van der Waals surface area (Å²) < 4.78 is 0. The van der Waals surface area contributed by atoms with Gasteiger partial charge in [-0.25, -0.2) is 0 Å². The van der Waals surface area contributed by atoms with Crippen LogP contribution < -0.4 is 5.32 Å². The topological polar surface area (TPSA) is 39.1 Å². The summed E-state index contributed by atoms with van der Waals surface area (Å²) in [5, 5.41) is 12.4. The van der Waals surface area contributed by atoms with Crippen LogP contribution in [0.15, 0.2) is 30.3 Å². The van der Waals surface area contributed by atoms with Crippen LogP contribution >= 0.6 is 0 Å². The molecule has 0 amide bonds. The van der Waals surface area contributed by atoms with E-state index in [1.165, 1.54) is 5.56 Å². The molecule has 3 heteroatoms. The number of rotatable bonds is 10. The van der Waals surface area contributed by atoms with Gasteiger partial charge in [-0.2, -0.15) is 5.26 Å². The molecule has 0 radical (unpaired) electrons. The molecule has 0 aliphatic carbocycles. The van der Waals surface area contributed by atoms with E-state index in [4.69, 9.17) is 5.26 Å². The zero-order valence-electron chi connectivity index (χ0n) is 13.7. The average Bonchev–Trinajstić information content (AvgIpc) is 2.47. The summed E-state index contributed by atoms with van der Waals surface area (Å²) in [4.78, 5) is 2.36. The molecule has 0 aliphatic rings. The number of nitrogens with one attached hydrogen (secondary N) is 1. The van der Waals surface area contributed by atoms with Crippen molar-refractivity contribution in [3.05, 3.63) is 35.9 Å². The molecule has 21 heavy (non-hydrogen) atoms. The monoisotopic (exact) mass is 287 g/mol. The smallest absolute Gasteiger partial charge is 0.0683 e. The van der Waals surface area contributed by atoms with Gasteiger partial charge in [0, 0.05) is 6.54 Å². The third-order valence-corrected chi connectivity index (χ3v) is 3.65. The molecule has 0 heterocycles. The van der Waals surface area contributed by atoms with Gasteiger partial charge in [0.1, 0.15) is 0 Å². The number of nitriles is 1. The fourth-order valence-corrected chi connectivity index (χ4v) is 2.28. The summed E-state index contributed by atoms with van der Waals surface area (Å²) in [7, 11) is 2.17. The molecule has 0 atom stereocenters. The first-order valence-corrected chi connectivity index (χ1v) is 7.88. The van der Waals surface area contributed by atoms with Crippen LogP contribution in [0.1, 0.15) is 38.7 Å². The standard InChI is InChI=1S/C18H29N3/c1-18(2,16-19)11-7-12-20-13-8-14-21(3)15-17-9-5-4-6-10-17/h4-6,9-10,20H,7-8,11-15H2,1-3H3. The number of hydrogen-bond acceptors (Lipinski definition) is 3. The Kier molecular flexibility index (Phi) is 8.04. The van der Waals surface area contributed by atoms with Crippen LogP contribution in [0.2, 0.25) is 0 Å². The summed E-state index contributed by atoms with van der Waals surface area (Å²) in [6.45, 7) is 8.18. The molecular weight excluding hydrogens is 258 g/mol. The minimum atomic E-state index is -0.183. The van der Waals surface area contributed by atoms with Crippen molar-refractivity contribution in [3.8, 4) is 6.07 Å². The minimum Gasteiger partial charge on any atom is -0.317 e. The summed E-state index contributed by atoms with van der Waals surface area (Å²) in [5.41, 5.74) is 1.18. The Bertz CT molecular complexity index is 420. The molecule has 1 N–H and O–H groups in total. The lowest BCUT2D eigenvalue weighted by atomic mass is 9.90. The average molecular weight is 287 g/mol. The summed E-state index contributed by atoms with van der Waals surface area (Å²) in [6.07, 6.45) is 3.19. The van der Waals surface area contributed by atoms with E-state index in [1.807, 2.05) is 13.8 Å². The number of benzene rings is 1.